The fourth-order valence-corrected chi connectivity index (χ4v) is 2.32. The molecule has 4 N–H and O–H groups in total. The quantitative estimate of drug-likeness (QED) is 0.617. The molecule has 0 saturated carbocycles. The Labute approximate surface area is 163 Å². The lowest BCUT2D eigenvalue weighted by molar-refractivity contribution is -0.126. The highest BCUT2D eigenvalue weighted by molar-refractivity contribution is 5.88. The average Bonchev–Trinajstić information content (AvgIpc) is 2.71. The second-order valence-electron chi connectivity index (χ2n) is 5.99. The fourth-order valence-electron chi connectivity index (χ4n) is 2.32. The van der Waals surface area contributed by atoms with Crippen LogP contribution in [0.5, 0.6) is 0 Å². The van der Waals surface area contributed by atoms with Crippen LogP contribution in [0.1, 0.15) is 17.5 Å². The van der Waals surface area contributed by atoms with Crippen molar-refractivity contribution in [3.63, 3.8) is 0 Å². The predicted molar refractivity (Wildman–Crippen MR) is 106 cm³/mol. The van der Waals surface area contributed by atoms with Crippen LogP contribution in [-0.4, -0.2) is 30.5 Å². The summed E-state index contributed by atoms with van der Waals surface area (Å²) in [4.78, 5) is 35.1. The maximum Gasteiger partial charge on any atom is 0.407 e. The van der Waals surface area contributed by atoms with E-state index in [9.17, 15) is 14.4 Å². The minimum atomic E-state index is -0.866. The molecular formula is C21H23N3O4. The molecule has 0 saturated heterocycles. The Bertz CT molecular complexity index is 807. The lowest BCUT2D eigenvalue weighted by Crippen LogP contribution is -2.47. The normalized spacial score (nSPS) is 11.6. The molecule has 0 aliphatic heterocycles. The first kappa shape index (κ1) is 20.7. The lowest BCUT2D eigenvalue weighted by atomic mass is 10.1. The van der Waals surface area contributed by atoms with Gasteiger partial charge in [-0.15, -0.1) is 0 Å². The third kappa shape index (κ3) is 7.74. The molecule has 7 heteroatoms. The number of alkyl carbamates (subject to hydrolysis) is 1. The molecule has 146 valence electrons. The Morgan fingerprint density at radius 3 is 2.29 bits per heavy atom. The van der Waals surface area contributed by atoms with Gasteiger partial charge in [0.2, 0.25) is 11.8 Å². The molecule has 2 aromatic rings. The summed E-state index contributed by atoms with van der Waals surface area (Å²) in [5.41, 5.74) is 7.14. The van der Waals surface area contributed by atoms with Crippen LogP contribution in [0.2, 0.25) is 0 Å². The van der Waals surface area contributed by atoms with Crippen molar-refractivity contribution in [2.24, 2.45) is 5.73 Å². The zero-order chi connectivity index (χ0) is 20.2. The van der Waals surface area contributed by atoms with Gasteiger partial charge in [0.1, 0.15) is 19.2 Å². The number of nitrogens with two attached hydrogens (primary N) is 1. The summed E-state index contributed by atoms with van der Waals surface area (Å²) in [6.45, 7) is -0.220. The zero-order valence-electron chi connectivity index (χ0n) is 15.3. The number of nitrogens with one attached hydrogen (secondary N) is 2. The van der Waals surface area contributed by atoms with Crippen LogP contribution in [0.3, 0.4) is 0 Å². The summed E-state index contributed by atoms with van der Waals surface area (Å²) in [7, 11) is 0. The van der Waals surface area contributed by atoms with Crippen molar-refractivity contribution in [3.05, 3.63) is 77.9 Å². The van der Waals surface area contributed by atoms with Crippen LogP contribution < -0.4 is 16.4 Å². The van der Waals surface area contributed by atoms with Gasteiger partial charge in [0, 0.05) is 0 Å². The molecular weight excluding hydrogens is 358 g/mol. The molecule has 0 heterocycles. The number of benzene rings is 2. The molecule has 0 spiro atoms. The van der Waals surface area contributed by atoms with E-state index in [1.54, 1.807) is 6.08 Å². The van der Waals surface area contributed by atoms with Crippen molar-refractivity contribution in [2.45, 2.75) is 19.1 Å². The van der Waals surface area contributed by atoms with Gasteiger partial charge in [0.15, 0.2) is 0 Å². The van der Waals surface area contributed by atoms with Crippen molar-refractivity contribution in [3.8, 4) is 0 Å². The summed E-state index contributed by atoms with van der Waals surface area (Å²) in [6, 6.07) is 17.8. The van der Waals surface area contributed by atoms with E-state index >= 15 is 0 Å². The molecule has 7 nitrogen and oxygen atoms in total. The number of ether oxygens (including phenoxy) is 1. The molecule has 28 heavy (non-hydrogen) atoms. The molecule has 3 amide bonds. The molecule has 0 unspecified atom stereocenters. The van der Waals surface area contributed by atoms with E-state index in [0.29, 0.717) is 0 Å². The largest absolute Gasteiger partial charge is 0.445 e. The van der Waals surface area contributed by atoms with Gasteiger partial charge in [-0.2, -0.15) is 0 Å². The first-order valence-corrected chi connectivity index (χ1v) is 8.79. The van der Waals surface area contributed by atoms with Gasteiger partial charge in [-0.1, -0.05) is 72.8 Å². The van der Waals surface area contributed by atoms with Gasteiger partial charge in [-0.3, -0.25) is 9.59 Å². The Kier molecular flexibility index (Phi) is 8.26. The Morgan fingerprint density at radius 1 is 1.00 bits per heavy atom. The Balaban J connectivity index is 1.73. The molecule has 0 radical (unpaired) electrons. The molecule has 2 rings (SSSR count). The van der Waals surface area contributed by atoms with Crippen molar-refractivity contribution < 1.29 is 19.1 Å². The van der Waals surface area contributed by atoms with Crippen molar-refractivity contribution >= 4 is 24.0 Å². The maximum atomic E-state index is 12.0. The lowest BCUT2D eigenvalue weighted by Gasteiger charge is -2.14. The molecule has 0 fully saturated rings. The van der Waals surface area contributed by atoms with E-state index in [2.05, 4.69) is 10.6 Å². The first-order chi connectivity index (χ1) is 13.5. The molecule has 2 aromatic carbocycles. The third-order valence-corrected chi connectivity index (χ3v) is 3.77. The highest BCUT2D eigenvalue weighted by Crippen LogP contribution is 2.03. The topological polar surface area (TPSA) is 111 Å². The molecule has 0 aliphatic rings. The summed E-state index contributed by atoms with van der Waals surface area (Å²) in [5, 5.41) is 4.83. The number of carbonyl (C=O) groups excluding carboxylic acids is 3. The van der Waals surface area contributed by atoms with Crippen molar-refractivity contribution in [2.75, 3.05) is 6.54 Å². The minimum Gasteiger partial charge on any atom is -0.445 e. The number of hydrogen-bond acceptors (Lipinski definition) is 4. The second-order valence-corrected chi connectivity index (χ2v) is 5.99. The van der Waals surface area contributed by atoms with Crippen LogP contribution in [0.15, 0.2) is 66.7 Å². The van der Waals surface area contributed by atoms with Gasteiger partial charge in [0.25, 0.3) is 0 Å². The standard InChI is InChI=1S/C21H23N3O4/c22-20(26)18(13-7-12-16-8-3-1-4-9-16)24-19(25)14-23-21(27)28-15-17-10-5-2-6-11-17/h1-12,18H,13-15H2,(H2,22,26)(H,23,27)(H,24,25)/b12-7+/t18-/m0/s1. The molecule has 0 aliphatic carbocycles. The van der Waals surface area contributed by atoms with E-state index in [4.69, 9.17) is 10.5 Å². The average molecular weight is 381 g/mol. The molecule has 0 bridgehead atoms. The van der Waals surface area contributed by atoms with E-state index in [1.165, 1.54) is 0 Å². The van der Waals surface area contributed by atoms with Crippen molar-refractivity contribution in [1.82, 2.24) is 10.6 Å². The Hall–Kier alpha value is -3.61. The van der Waals surface area contributed by atoms with Crippen LogP contribution >= 0.6 is 0 Å². The van der Waals surface area contributed by atoms with Gasteiger partial charge >= 0.3 is 6.09 Å². The summed E-state index contributed by atoms with van der Waals surface area (Å²) in [5.74, 6) is -1.19. The van der Waals surface area contributed by atoms with Crippen LogP contribution in [0.25, 0.3) is 6.08 Å². The third-order valence-electron chi connectivity index (χ3n) is 3.77. The van der Waals surface area contributed by atoms with E-state index in [-0.39, 0.29) is 19.6 Å². The Morgan fingerprint density at radius 2 is 1.64 bits per heavy atom. The van der Waals surface area contributed by atoms with Gasteiger partial charge < -0.3 is 21.1 Å². The highest BCUT2D eigenvalue weighted by atomic mass is 16.5. The number of carbonyl (C=O) groups is 3. The molecule has 1 atom stereocenters. The van der Waals surface area contributed by atoms with Crippen LogP contribution in [0.4, 0.5) is 4.79 Å². The highest BCUT2D eigenvalue weighted by Gasteiger charge is 2.17. The van der Waals surface area contributed by atoms with Gasteiger partial charge in [-0.05, 0) is 17.5 Å². The SMILES string of the molecule is NC(=O)[C@H](C/C=C/c1ccccc1)NC(=O)CNC(=O)OCc1ccccc1. The van der Waals surface area contributed by atoms with E-state index < -0.39 is 23.9 Å². The van der Waals surface area contributed by atoms with E-state index in [1.807, 2.05) is 66.7 Å². The number of rotatable bonds is 9. The van der Waals surface area contributed by atoms with Crippen LogP contribution in [-0.2, 0) is 20.9 Å². The van der Waals surface area contributed by atoms with Crippen LogP contribution in [0, 0.1) is 0 Å². The summed E-state index contributed by atoms with van der Waals surface area (Å²) >= 11 is 0. The summed E-state index contributed by atoms with van der Waals surface area (Å²) in [6.07, 6.45) is 3.11. The van der Waals surface area contributed by atoms with E-state index in [0.717, 1.165) is 11.1 Å². The monoisotopic (exact) mass is 381 g/mol. The minimum absolute atomic E-state index is 0.0997. The first-order valence-electron chi connectivity index (χ1n) is 8.79. The molecule has 0 aromatic heterocycles. The number of hydrogen-bond donors (Lipinski definition) is 3. The second kappa shape index (κ2) is 11.2. The van der Waals surface area contributed by atoms with Gasteiger partial charge in [-0.25, -0.2) is 4.79 Å². The van der Waals surface area contributed by atoms with Gasteiger partial charge in [0.05, 0.1) is 0 Å². The smallest absolute Gasteiger partial charge is 0.407 e. The number of amides is 3. The van der Waals surface area contributed by atoms with Crippen molar-refractivity contribution in [1.29, 1.82) is 0 Å². The zero-order valence-corrected chi connectivity index (χ0v) is 15.3. The number of primary amides is 1. The maximum absolute atomic E-state index is 12.0. The predicted octanol–water partition coefficient (Wildman–Crippen LogP) is 1.99. The summed E-state index contributed by atoms with van der Waals surface area (Å²) < 4.78 is 5.01. The fraction of sp³-hybridized carbons (Fsp3) is 0.190.